The zero-order chi connectivity index (χ0) is 18.7. The van der Waals surface area contributed by atoms with Gasteiger partial charge in [-0.15, -0.1) is 0 Å². The maximum atomic E-state index is 12.4. The number of hydrogen-bond acceptors (Lipinski definition) is 6. The number of halogens is 1. The average Bonchev–Trinajstić information content (AvgIpc) is 2.94. The number of benzene rings is 2. The fraction of sp³-hybridized carbons (Fsp3) is 0.0556. The zero-order valence-electron chi connectivity index (χ0n) is 13.6. The van der Waals surface area contributed by atoms with Gasteiger partial charge in [-0.05, 0) is 60.3 Å². The van der Waals surface area contributed by atoms with Gasteiger partial charge in [0.2, 0.25) is 0 Å². The third-order valence-electron chi connectivity index (χ3n) is 3.42. The van der Waals surface area contributed by atoms with E-state index in [2.05, 4.69) is 20.9 Å². The second-order valence-corrected chi connectivity index (χ2v) is 7.14. The number of thioether (sulfide) groups is 1. The Labute approximate surface area is 162 Å². The van der Waals surface area contributed by atoms with E-state index in [1.54, 1.807) is 55.7 Å². The highest BCUT2D eigenvalue weighted by Gasteiger charge is 2.21. The van der Waals surface area contributed by atoms with E-state index in [0.717, 1.165) is 16.2 Å². The molecule has 0 fully saturated rings. The number of rotatable bonds is 4. The number of nitrogens with two attached hydrogens (primary N) is 1. The van der Waals surface area contributed by atoms with Gasteiger partial charge in [-0.2, -0.15) is 4.99 Å². The first-order chi connectivity index (χ1) is 12.5. The Morgan fingerprint density at radius 1 is 1.23 bits per heavy atom. The summed E-state index contributed by atoms with van der Waals surface area (Å²) in [4.78, 5) is 28.2. The summed E-state index contributed by atoms with van der Waals surface area (Å²) in [6.45, 7) is 0. The second-order valence-electron chi connectivity index (χ2n) is 5.17. The van der Waals surface area contributed by atoms with E-state index in [-0.39, 0.29) is 5.17 Å². The van der Waals surface area contributed by atoms with Crippen LogP contribution in [0.2, 0.25) is 0 Å². The van der Waals surface area contributed by atoms with Gasteiger partial charge in [0.05, 0.1) is 17.6 Å². The molecule has 1 aliphatic heterocycles. The molecule has 132 valence electrons. The first-order valence-electron chi connectivity index (χ1n) is 7.40. The second kappa shape index (κ2) is 7.76. The molecule has 0 saturated heterocycles. The van der Waals surface area contributed by atoms with Crippen LogP contribution in [-0.4, -0.2) is 24.2 Å². The van der Waals surface area contributed by atoms with Crippen LogP contribution in [0.5, 0.6) is 11.5 Å². The van der Waals surface area contributed by atoms with Crippen LogP contribution >= 0.6 is 27.7 Å². The van der Waals surface area contributed by atoms with Gasteiger partial charge >= 0.3 is 5.97 Å². The predicted molar refractivity (Wildman–Crippen MR) is 104 cm³/mol. The van der Waals surface area contributed by atoms with Crippen molar-refractivity contribution < 1.29 is 19.1 Å². The van der Waals surface area contributed by atoms with Crippen LogP contribution in [0, 0.1) is 0 Å². The molecule has 0 atom stereocenters. The van der Waals surface area contributed by atoms with E-state index < -0.39 is 11.9 Å². The van der Waals surface area contributed by atoms with E-state index >= 15 is 0 Å². The van der Waals surface area contributed by atoms with Gasteiger partial charge in [-0.3, -0.25) is 4.79 Å². The molecule has 26 heavy (non-hydrogen) atoms. The van der Waals surface area contributed by atoms with Gasteiger partial charge in [0.25, 0.3) is 5.91 Å². The van der Waals surface area contributed by atoms with E-state index in [1.165, 1.54) is 0 Å². The lowest BCUT2D eigenvalue weighted by Crippen LogP contribution is -2.09. The number of methoxy groups -OCH3 is 1. The molecule has 8 heteroatoms. The summed E-state index contributed by atoms with van der Waals surface area (Å²) < 4.78 is 11.3. The van der Waals surface area contributed by atoms with Crippen molar-refractivity contribution in [1.29, 1.82) is 0 Å². The Morgan fingerprint density at radius 3 is 2.58 bits per heavy atom. The van der Waals surface area contributed by atoms with Crippen LogP contribution in [0.3, 0.4) is 0 Å². The minimum Gasteiger partial charge on any atom is -0.497 e. The lowest BCUT2D eigenvalue weighted by atomic mass is 10.1. The molecule has 1 heterocycles. The van der Waals surface area contributed by atoms with Crippen molar-refractivity contribution in [2.24, 2.45) is 10.7 Å². The first kappa shape index (κ1) is 18.2. The van der Waals surface area contributed by atoms with E-state index in [9.17, 15) is 9.59 Å². The fourth-order valence-electron chi connectivity index (χ4n) is 2.18. The number of amidine groups is 1. The van der Waals surface area contributed by atoms with Crippen molar-refractivity contribution >= 4 is 50.8 Å². The molecule has 0 spiro atoms. The Balaban J connectivity index is 1.87. The van der Waals surface area contributed by atoms with Gasteiger partial charge in [0.1, 0.15) is 11.5 Å². The van der Waals surface area contributed by atoms with Gasteiger partial charge in [-0.1, -0.05) is 15.9 Å². The molecule has 0 radical (unpaired) electrons. The number of hydrogen-bond donors (Lipinski definition) is 1. The standard InChI is InChI=1S/C18H13BrN2O4S/c1-24-13-5-2-10(3-6-13)17(23)25-14-7-4-12(19)8-11(14)9-15-16(22)21-18(20)26-15/h2-9H,1H3,(H2,20,21,22)/b15-9-. The third-order valence-corrected chi connectivity index (χ3v) is 4.73. The molecule has 3 rings (SSSR count). The van der Waals surface area contributed by atoms with Crippen molar-refractivity contribution in [1.82, 2.24) is 0 Å². The molecular weight excluding hydrogens is 420 g/mol. The summed E-state index contributed by atoms with van der Waals surface area (Å²) in [5, 5.41) is 0.188. The topological polar surface area (TPSA) is 91.0 Å². The van der Waals surface area contributed by atoms with E-state index in [1.807, 2.05) is 0 Å². The van der Waals surface area contributed by atoms with Crippen LogP contribution in [-0.2, 0) is 4.79 Å². The minimum atomic E-state index is -0.518. The summed E-state index contributed by atoms with van der Waals surface area (Å²) in [5.74, 6) is 0.0288. The quantitative estimate of drug-likeness (QED) is 0.450. The molecule has 1 aliphatic rings. The molecule has 2 aromatic rings. The molecule has 0 saturated carbocycles. The monoisotopic (exact) mass is 432 g/mol. The van der Waals surface area contributed by atoms with Crippen LogP contribution in [0.1, 0.15) is 15.9 Å². The van der Waals surface area contributed by atoms with Crippen molar-refractivity contribution in [3.63, 3.8) is 0 Å². The van der Waals surface area contributed by atoms with E-state index in [0.29, 0.717) is 27.5 Å². The normalized spacial score (nSPS) is 15.1. The highest BCUT2D eigenvalue weighted by atomic mass is 79.9. The molecule has 2 aromatic carbocycles. The minimum absolute atomic E-state index is 0.188. The van der Waals surface area contributed by atoms with Crippen LogP contribution < -0.4 is 15.2 Å². The van der Waals surface area contributed by atoms with Crippen LogP contribution in [0.25, 0.3) is 6.08 Å². The fourth-order valence-corrected chi connectivity index (χ4v) is 3.23. The summed E-state index contributed by atoms with van der Waals surface area (Å²) >= 11 is 4.44. The maximum absolute atomic E-state index is 12.4. The molecule has 0 bridgehead atoms. The van der Waals surface area contributed by atoms with Crippen LogP contribution in [0.15, 0.2) is 56.8 Å². The maximum Gasteiger partial charge on any atom is 0.343 e. The van der Waals surface area contributed by atoms with Crippen molar-refractivity contribution in [2.45, 2.75) is 0 Å². The SMILES string of the molecule is COc1ccc(C(=O)Oc2ccc(Br)cc2/C=C2\SC(N)=NC2=O)cc1. The highest BCUT2D eigenvalue weighted by Crippen LogP contribution is 2.31. The number of nitrogens with zero attached hydrogens (tertiary/aromatic N) is 1. The van der Waals surface area contributed by atoms with Crippen molar-refractivity contribution in [3.8, 4) is 11.5 Å². The van der Waals surface area contributed by atoms with Crippen LogP contribution in [0.4, 0.5) is 0 Å². The summed E-state index contributed by atoms with van der Waals surface area (Å²) in [5.41, 5.74) is 6.50. The molecule has 6 nitrogen and oxygen atoms in total. The lowest BCUT2D eigenvalue weighted by Gasteiger charge is -2.09. The first-order valence-corrected chi connectivity index (χ1v) is 9.01. The van der Waals surface area contributed by atoms with Crippen molar-refractivity contribution in [2.75, 3.05) is 7.11 Å². The Bertz CT molecular complexity index is 939. The molecule has 0 unspecified atom stereocenters. The highest BCUT2D eigenvalue weighted by molar-refractivity contribution is 9.10. The Hall–Kier alpha value is -2.58. The molecular formula is C18H13BrN2O4S. The zero-order valence-corrected chi connectivity index (χ0v) is 16.0. The average molecular weight is 433 g/mol. The molecule has 1 amide bonds. The lowest BCUT2D eigenvalue weighted by molar-refractivity contribution is -0.113. The largest absolute Gasteiger partial charge is 0.497 e. The molecule has 2 N–H and O–H groups in total. The molecule has 0 aromatic heterocycles. The number of carbonyl (C=O) groups is 2. The van der Waals surface area contributed by atoms with Gasteiger partial charge in [-0.25, -0.2) is 4.79 Å². The third kappa shape index (κ3) is 4.14. The number of carbonyl (C=O) groups excluding carboxylic acids is 2. The summed E-state index contributed by atoms with van der Waals surface area (Å²) in [6, 6.07) is 11.7. The number of esters is 1. The Kier molecular flexibility index (Phi) is 5.43. The number of ether oxygens (including phenoxy) is 2. The van der Waals surface area contributed by atoms with Gasteiger partial charge in [0, 0.05) is 10.0 Å². The molecule has 0 aliphatic carbocycles. The summed E-state index contributed by atoms with van der Waals surface area (Å²) in [6.07, 6.45) is 1.59. The summed E-state index contributed by atoms with van der Waals surface area (Å²) in [7, 11) is 1.55. The Morgan fingerprint density at radius 2 is 1.96 bits per heavy atom. The number of amides is 1. The van der Waals surface area contributed by atoms with Gasteiger partial charge in [0.15, 0.2) is 5.17 Å². The predicted octanol–water partition coefficient (Wildman–Crippen LogP) is 3.61. The van der Waals surface area contributed by atoms with Gasteiger partial charge < -0.3 is 15.2 Å². The van der Waals surface area contributed by atoms with Crippen molar-refractivity contribution in [3.05, 3.63) is 63.0 Å². The van der Waals surface area contributed by atoms with E-state index in [4.69, 9.17) is 15.2 Å². The smallest absolute Gasteiger partial charge is 0.343 e. The number of aliphatic imine (C=N–C) groups is 1.